The summed E-state index contributed by atoms with van der Waals surface area (Å²) in [5.74, 6) is 0.653. The number of amides is 1. The molecule has 1 N–H and O–H groups in total. The molecule has 0 unspecified atom stereocenters. The second-order valence-electron chi connectivity index (χ2n) is 3.84. The Bertz CT molecular complexity index is 557. The quantitative estimate of drug-likeness (QED) is 0.878. The molecule has 19 heavy (non-hydrogen) atoms. The van der Waals surface area contributed by atoms with Gasteiger partial charge in [0.05, 0.1) is 5.69 Å². The van der Waals surface area contributed by atoms with Gasteiger partial charge in [-0.05, 0) is 36.4 Å². The van der Waals surface area contributed by atoms with E-state index in [1.807, 2.05) is 30.3 Å². The van der Waals surface area contributed by atoms with Gasteiger partial charge in [-0.2, -0.15) is 5.10 Å². The molecule has 0 aliphatic rings. The van der Waals surface area contributed by atoms with Crippen LogP contribution in [0.1, 0.15) is 12.6 Å². The van der Waals surface area contributed by atoms with E-state index in [0.717, 1.165) is 22.0 Å². The molecular formula is C13H12ClN3OS. The third-order valence-electron chi connectivity index (χ3n) is 2.25. The monoisotopic (exact) mass is 293 g/mol. The highest BCUT2D eigenvalue weighted by molar-refractivity contribution is 7.98. The zero-order valence-electron chi connectivity index (χ0n) is 10.3. The third-order valence-corrected chi connectivity index (χ3v) is 3.50. The molecule has 2 rings (SSSR count). The first kappa shape index (κ1) is 13.8. The highest BCUT2D eigenvalue weighted by Crippen LogP contribution is 2.23. The van der Waals surface area contributed by atoms with E-state index < -0.39 is 0 Å². The molecule has 2 aromatic rings. The first-order valence-corrected chi connectivity index (χ1v) is 6.98. The maximum Gasteiger partial charge on any atom is 0.221 e. The average molecular weight is 294 g/mol. The summed E-state index contributed by atoms with van der Waals surface area (Å²) in [6, 6.07) is 11.2. The number of anilines is 1. The minimum atomic E-state index is -0.0724. The highest BCUT2D eigenvalue weighted by atomic mass is 35.5. The molecule has 0 atom stereocenters. The number of carbonyl (C=O) groups excluding carboxylic acids is 1. The number of halogens is 1. The molecule has 1 aromatic heterocycles. The number of aromatic nitrogens is 2. The van der Waals surface area contributed by atoms with Crippen molar-refractivity contribution in [2.45, 2.75) is 17.6 Å². The maximum absolute atomic E-state index is 10.9. The normalized spacial score (nSPS) is 10.2. The van der Waals surface area contributed by atoms with Crippen molar-refractivity contribution in [2.24, 2.45) is 0 Å². The van der Waals surface area contributed by atoms with E-state index >= 15 is 0 Å². The Hall–Kier alpha value is -1.59. The van der Waals surface area contributed by atoms with E-state index in [0.29, 0.717) is 5.15 Å². The Labute approximate surface area is 120 Å². The van der Waals surface area contributed by atoms with Crippen molar-refractivity contribution in [2.75, 3.05) is 5.32 Å². The molecule has 0 aliphatic carbocycles. The lowest BCUT2D eigenvalue weighted by Gasteiger charge is -2.04. The van der Waals surface area contributed by atoms with Crippen LogP contribution in [-0.4, -0.2) is 16.1 Å². The van der Waals surface area contributed by atoms with Gasteiger partial charge in [0.15, 0.2) is 5.15 Å². The van der Waals surface area contributed by atoms with Gasteiger partial charge in [0.25, 0.3) is 0 Å². The number of nitrogens with zero attached hydrogens (tertiary/aromatic N) is 2. The van der Waals surface area contributed by atoms with Gasteiger partial charge in [0, 0.05) is 23.3 Å². The predicted octanol–water partition coefficient (Wildman–Crippen LogP) is 3.38. The van der Waals surface area contributed by atoms with Crippen LogP contribution in [0.3, 0.4) is 0 Å². The summed E-state index contributed by atoms with van der Waals surface area (Å²) in [4.78, 5) is 12.0. The Morgan fingerprint density at radius 1 is 1.21 bits per heavy atom. The lowest BCUT2D eigenvalue weighted by molar-refractivity contribution is -0.114. The molecule has 0 radical (unpaired) electrons. The topological polar surface area (TPSA) is 54.9 Å². The molecule has 0 saturated heterocycles. The van der Waals surface area contributed by atoms with Gasteiger partial charge in [0.1, 0.15) is 0 Å². The molecule has 4 nitrogen and oxygen atoms in total. The third kappa shape index (κ3) is 4.54. The minimum Gasteiger partial charge on any atom is -0.326 e. The second-order valence-corrected chi connectivity index (χ2v) is 5.28. The van der Waals surface area contributed by atoms with Crippen LogP contribution in [0, 0.1) is 0 Å². The number of carbonyl (C=O) groups is 1. The molecule has 0 aliphatic heterocycles. The Kier molecular flexibility index (Phi) is 4.76. The summed E-state index contributed by atoms with van der Waals surface area (Å²) in [5, 5.41) is 10.9. The van der Waals surface area contributed by atoms with Crippen LogP contribution >= 0.6 is 23.4 Å². The molecule has 1 amide bonds. The molecule has 0 fully saturated rings. The van der Waals surface area contributed by atoms with Gasteiger partial charge in [-0.3, -0.25) is 4.79 Å². The van der Waals surface area contributed by atoms with E-state index in [1.165, 1.54) is 6.92 Å². The SMILES string of the molecule is CC(=O)Nc1ccc(SCc2ccc(Cl)nn2)cc1. The number of nitrogens with one attached hydrogen (secondary N) is 1. The van der Waals surface area contributed by atoms with Gasteiger partial charge in [-0.1, -0.05) is 11.6 Å². The summed E-state index contributed by atoms with van der Waals surface area (Å²) >= 11 is 7.32. The molecule has 98 valence electrons. The largest absolute Gasteiger partial charge is 0.326 e. The van der Waals surface area contributed by atoms with Crippen LogP contribution in [-0.2, 0) is 10.5 Å². The van der Waals surface area contributed by atoms with Crippen molar-refractivity contribution >= 4 is 35.0 Å². The van der Waals surface area contributed by atoms with Crippen LogP contribution in [0.25, 0.3) is 0 Å². The van der Waals surface area contributed by atoms with Gasteiger partial charge >= 0.3 is 0 Å². The van der Waals surface area contributed by atoms with E-state index in [-0.39, 0.29) is 5.91 Å². The fraction of sp³-hybridized carbons (Fsp3) is 0.154. The van der Waals surface area contributed by atoms with Crippen LogP contribution in [0.5, 0.6) is 0 Å². The number of hydrogen-bond acceptors (Lipinski definition) is 4. The number of benzene rings is 1. The molecule has 6 heteroatoms. The summed E-state index contributed by atoms with van der Waals surface area (Å²) < 4.78 is 0. The summed E-state index contributed by atoms with van der Waals surface area (Å²) in [5.41, 5.74) is 1.67. The Morgan fingerprint density at radius 3 is 2.53 bits per heavy atom. The van der Waals surface area contributed by atoms with Gasteiger partial charge < -0.3 is 5.32 Å². The molecule has 0 spiro atoms. The van der Waals surface area contributed by atoms with Gasteiger partial charge in [0.2, 0.25) is 5.91 Å². The second kappa shape index (κ2) is 6.54. The van der Waals surface area contributed by atoms with Crippen LogP contribution in [0.2, 0.25) is 5.15 Å². The summed E-state index contributed by atoms with van der Waals surface area (Å²) in [6.07, 6.45) is 0. The van der Waals surface area contributed by atoms with E-state index in [1.54, 1.807) is 17.8 Å². The molecule has 1 heterocycles. The van der Waals surface area contributed by atoms with E-state index in [2.05, 4.69) is 15.5 Å². The fourth-order valence-corrected chi connectivity index (χ4v) is 2.31. The van der Waals surface area contributed by atoms with Crippen molar-refractivity contribution in [3.05, 3.63) is 47.2 Å². The lowest BCUT2D eigenvalue weighted by Crippen LogP contribution is -2.05. The average Bonchev–Trinajstić information content (AvgIpc) is 2.39. The lowest BCUT2D eigenvalue weighted by atomic mass is 10.3. The van der Waals surface area contributed by atoms with Crippen molar-refractivity contribution in [3.8, 4) is 0 Å². The van der Waals surface area contributed by atoms with Crippen molar-refractivity contribution in [1.82, 2.24) is 10.2 Å². The van der Waals surface area contributed by atoms with Crippen molar-refractivity contribution in [1.29, 1.82) is 0 Å². The first-order chi connectivity index (χ1) is 9.13. The Balaban J connectivity index is 1.92. The van der Waals surface area contributed by atoms with Crippen molar-refractivity contribution in [3.63, 3.8) is 0 Å². The van der Waals surface area contributed by atoms with E-state index in [9.17, 15) is 4.79 Å². The zero-order valence-corrected chi connectivity index (χ0v) is 11.8. The Morgan fingerprint density at radius 2 is 1.95 bits per heavy atom. The smallest absolute Gasteiger partial charge is 0.221 e. The van der Waals surface area contributed by atoms with Crippen LogP contribution in [0.15, 0.2) is 41.3 Å². The first-order valence-electron chi connectivity index (χ1n) is 5.62. The highest BCUT2D eigenvalue weighted by Gasteiger charge is 2.00. The maximum atomic E-state index is 10.9. The van der Waals surface area contributed by atoms with Gasteiger partial charge in [-0.25, -0.2) is 0 Å². The molecule has 1 aromatic carbocycles. The minimum absolute atomic E-state index is 0.0724. The predicted molar refractivity (Wildman–Crippen MR) is 77.3 cm³/mol. The number of hydrogen-bond donors (Lipinski definition) is 1. The summed E-state index contributed by atoms with van der Waals surface area (Å²) in [6.45, 7) is 1.49. The van der Waals surface area contributed by atoms with Crippen LogP contribution in [0.4, 0.5) is 5.69 Å². The van der Waals surface area contributed by atoms with Gasteiger partial charge in [-0.15, -0.1) is 16.9 Å². The summed E-state index contributed by atoms with van der Waals surface area (Å²) in [7, 11) is 0. The molecule has 0 bridgehead atoms. The number of rotatable bonds is 4. The van der Waals surface area contributed by atoms with Crippen LogP contribution < -0.4 is 5.32 Å². The number of thioether (sulfide) groups is 1. The zero-order chi connectivity index (χ0) is 13.7. The molecule has 0 saturated carbocycles. The fourth-order valence-electron chi connectivity index (χ4n) is 1.42. The molecular weight excluding hydrogens is 282 g/mol. The standard InChI is InChI=1S/C13H12ClN3OS/c1-9(18)15-10-2-5-12(6-3-10)19-8-11-4-7-13(14)17-16-11/h2-7H,8H2,1H3,(H,15,18). The van der Waals surface area contributed by atoms with Crippen molar-refractivity contribution < 1.29 is 4.79 Å². The van der Waals surface area contributed by atoms with E-state index in [4.69, 9.17) is 11.6 Å².